The number of nitrogens with one attached hydrogen (secondary N) is 1. The second-order valence-corrected chi connectivity index (χ2v) is 13.9. The van der Waals surface area contributed by atoms with Crippen molar-refractivity contribution in [2.75, 3.05) is 17.4 Å². The number of carbonyl (C=O) groups is 2. The summed E-state index contributed by atoms with van der Waals surface area (Å²) in [6, 6.07) is 31.2. The van der Waals surface area contributed by atoms with Crippen LogP contribution in [0, 0.1) is 12.8 Å². The van der Waals surface area contributed by atoms with Crippen LogP contribution in [-0.2, 0) is 32.6 Å². The van der Waals surface area contributed by atoms with E-state index >= 15 is 0 Å². The zero-order valence-electron chi connectivity index (χ0n) is 25.2. The lowest BCUT2D eigenvalue weighted by molar-refractivity contribution is -0.140. The molecule has 1 unspecified atom stereocenters. The fraction of sp³-hybridized carbons (Fsp3) is 0.257. The van der Waals surface area contributed by atoms with Gasteiger partial charge in [-0.1, -0.05) is 103 Å². The number of rotatable bonds is 13. The van der Waals surface area contributed by atoms with Crippen LogP contribution < -0.4 is 9.62 Å². The van der Waals surface area contributed by atoms with Gasteiger partial charge < -0.3 is 10.2 Å². The van der Waals surface area contributed by atoms with Crippen molar-refractivity contribution in [2.24, 2.45) is 5.92 Å². The first kappa shape index (κ1) is 33.0. The number of carbonyl (C=O) groups excluding carboxylic acids is 2. The Kier molecular flexibility index (Phi) is 11.4. The van der Waals surface area contributed by atoms with Gasteiger partial charge in [-0.2, -0.15) is 0 Å². The highest BCUT2D eigenvalue weighted by atomic mass is 79.9. The van der Waals surface area contributed by atoms with E-state index in [2.05, 4.69) is 21.2 Å². The minimum absolute atomic E-state index is 0.0664. The molecule has 0 saturated heterocycles. The molecule has 0 radical (unpaired) electrons. The maximum Gasteiger partial charge on any atom is 0.264 e. The van der Waals surface area contributed by atoms with Crippen LogP contribution in [0.15, 0.2) is 119 Å². The fourth-order valence-electron chi connectivity index (χ4n) is 4.80. The minimum Gasteiger partial charge on any atom is -0.354 e. The summed E-state index contributed by atoms with van der Waals surface area (Å²) in [5, 5.41) is 3.02. The Labute approximate surface area is 269 Å². The molecule has 9 heteroatoms. The van der Waals surface area contributed by atoms with Crippen LogP contribution in [-0.4, -0.2) is 44.3 Å². The Morgan fingerprint density at radius 2 is 1.41 bits per heavy atom. The highest BCUT2D eigenvalue weighted by molar-refractivity contribution is 9.10. The van der Waals surface area contributed by atoms with Crippen LogP contribution in [0.4, 0.5) is 5.69 Å². The molecule has 0 aromatic heterocycles. The van der Waals surface area contributed by atoms with Crippen LogP contribution in [0.2, 0.25) is 0 Å². The van der Waals surface area contributed by atoms with Crippen molar-refractivity contribution in [1.82, 2.24) is 10.2 Å². The third kappa shape index (κ3) is 8.57. The number of anilines is 1. The van der Waals surface area contributed by atoms with Gasteiger partial charge in [-0.05, 0) is 65.9 Å². The molecule has 2 amide bonds. The molecule has 7 nitrogen and oxygen atoms in total. The SMILES string of the molecule is Cc1ccccc1CN(C(=O)CN(c1ccc(Br)cc1)S(=O)(=O)c1ccccc1)C(Cc1ccccc1)C(=O)NCC(C)C. The van der Waals surface area contributed by atoms with Crippen molar-refractivity contribution in [3.63, 3.8) is 0 Å². The molecule has 0 aliphatic heterocycles. The standard InChI is InChI=1S/C35H38BrN3O4S/c1-26(2)23-37-35(41)33(22-28-13-6-4-7-14-28)38(24-29-15-11-10-12-27(29)3)34(40)25-39(31-20-18-30(36)19-21-31)44(42,43)32-16-8-5-9-17-32/h4-21,26,33H,22-25H2,1-3H3,(H,37,41). The van der Waals surface area contributed by atoms with E-state index in [0.29, 0.717) is 12.2 Å². The summed E-state index contributed by atoms with van der Waals surface area (Å²) < 4.78 is 29.9. The first-order chi connectivity index (χ1) is 21.1. The molecule has 0 aliphatic carbocycles. The van der Waals surface area contributed by atoms with Crippen molar-refractivity contribution in [3.8, 4) is 0 Å². The zero-order valence-corrected chi connectivity index (χ0v) is 27.6. The predicted octanol–water partition coefficient (Wildman–Crippen LogP) is 6.37. The number of amides is 2. The van der Waals surface area contributed by atoms with Crippen LogP contribution in [0.5, 0.6) is 0 Å². The van der Waals surface area contributed by atoms with E-state index in [1.807, 2.05) is 75.4 Å². The number of aryl methyl sites for hydroxylation is 1. The average Bonchev–Trinajstić information content (AvgIpc) is 3.02. The summed E-state index contributed by atoms with van der Waals surface area (Å²) in [5.41, 5.74) is 3.07. The topological polar surface area (TPSA) is 86.8 Å². The molecule has 0 spiro atoms. The van der Waals surface area contributed by atoms with E-state index in [1.165, 1.54) is 17.0 Å². The van der Waals surface area contributed by atoms with Crippen molar-refractivity contribution >= 4 is 43.5 Å². The average molecular weight is 677 g/mol. The molecule has 4 rings (SSSR count). The molecule has 0 heterocycles. The number of benzene rings is 4. The monoisotopic (exact) mass is 675 g/mol. The molecular formula is C35H38BrN3O4S. The second-order valence-electron chi connectivity index (χ2n) is 11.1. The van der Waals surface area contributed by atoms with Crippen LogP contribution in [0.25, 0.3) is 0 Å². The molecular weight excluding hydrogens is 638 g/mol. The van der Waals surface area contributed by atoms with E-state index in [9.17, 15) is 18.0 Å². The third-order valence-corrected chi connectivity index (χ3v) is 9.60. The van der Waals surface area contributed by atoms with E-state index in [1.54, 1.807) is 42.5 Å². The third-order valence-electron chi connectivity index (χ3n) is 7.28. The Hall–Kier alpha value is -3.95. The Balaban J connectivity index is 1.79. The van der Waals surface area contributed by atoms with E-state index in [4.69, 9.17) is 0 Å². The van der Waals surface area contributed by atoms with Gasteiger partial charge in [0.25, 0.3) is 10.0 Å². The molecule has 230 valence electrons. The van der Waals surface area contributed by atoms with Gasteiger partial charge in [0.15, 0.2) is 0 Å². The minimum atomic E-state index is -4.13. The van der Waals surface area contributed by atoms with Gasteiger partial charge in [-0.15, -0.1) is 0 Å². The summed E-state index contributed by atoms with van der Waals surface area (Å²) in [7, 11) is -4.13. The first-order valence-corrected chi connectivity index (χ1v) is 16.8. The maximum atomic E-state index is 14.5. The highest BCUT2D eigenvalue weighted by Crippen LogP contribution is 2.26. The van der Waals surface area contributed by atoms with Gasteiger partial charge in [0.2, 0.25) is 11.8 Å². The molecule has 0 fully saturated rings. The lowest BCUT2D eigenvalue weighted by atomic mass is 10.0. The van der Waals surface area contributed by atoms with Crippen LogP contribution in [0.3, 0.4) is 0 Å². The summed E-state index contributed by atoms with van der Waals surface area (Å²) in [6.45, 7) is 6.06. The molecule has 0 bridgehead atoms. The van der Waals surface area contributed by atoms with Gasteiger partial charge in [-0.3, -0.25) is 13.9 Å². The number of sulfonamides is 1. The zero-order chi connectivity index (χ0) is 31.7. The summed E-state index contributed by atoms with van der Waals surface area (Å²) >= 11 is 3.41. The summed E-state index contributed by atoms with van der Waals surface area (Å²) in [5.74, 6) is -0.567. The molecule has 0 saturated carbocycles. The quantitative estimate of drug-likeness (QED) is 0.179. The fourth-order valence-corrected chi connectivity index (χ4v) is 6.50. The van der Waals surface area contributed by atoms with E-state index in [0.717, 1.165) is 25.5 Å². The van der Waals surface area contributed by atoms with Gasteiger partial charge in [0.1, 0.15) is 12.6 Å². The van der Waals surface area contributed by atoms with Gasteiger partial charge >= 0.3 is 0 Å². The van der Waals surface area contributed by atoms with Crippen molar-refractivity contribution in [2.45, 2.75) is 44.7 Å². The highest BCUT2D eigenvalue weighted by Gasteiger charge is 2.34. The second kappa shape index (κ2) is 15.2. The summed E-state index contributed by atoms with van der Waals surface area (Å²) in [4.78, 5) is 29.9. The van der Waals surface area contributed by atoms with Crippen molar-refractivity contribution in [3.05, 3.63) is 130 Å². The van der Waals surface area contributed by atoms with Gasteiger partial charge in [-0.25, -0.2) is 8.42 Å². The van der Waals surface area contributed by atoms with Crippen LogP contribution in [0.1, 0.15) is 30.5 Å². The number of halogens is 1. The maximum absolute atomic E-state index is 14.5. The molecule has 1 N–H and O–H groups in total. The molecule has 4 aromatic rings. The first-order valence-electron chi connectivity index (χ1n) is 14.5. The number of hydrogen-bond acceptors (Lipinski definition) is 4. The largest absolute Gasteiger partial charge is 0.354 e. The van der Waals surface area contributed by atoms with Crippen molar-refractivity contribution in [1.29, 1.82) is 0 Å². The summed E-state index contributed by atoms with van der Waals surface area (Å²) in [6.07, 6.45) is 0.270. The number of hydrogen-bond donors (Lipinski definition) is 1. The lowest BCUT2D eigenvalue weighted by Gasteiger charge is -2.34. The molecule has 44 heavy (non-hydrogen) atoms. The van der Waals surface area contributed by atoms with Gasteiger partial charge in [0, 0.05) is 24.0 Å². The Bertz CT molecular complexity index is 1650. The molecule has 1 atom stereocenters. The normalized spacial score (nSPS) is 12.0. The Morgan fingerprint density at radius 3 is 2.02 bits per heavy atom. The van der Waals surface area contributed by atoms with Crippen LogP contribution >= 0.6 is 15.9 Å². The predicted molar refractivity (Wildman–Crippen MR) is 179 cm³/mol. The Morgan fingerprint density at radius 1 is 0.818 bits per heavy atom. The molecule has 4 aromatic carbocycles. The smallest absolute Gasteiger partial charge is 0.264 e. The molecule has 0 aliphatic rings. The number of nitrogens with zero attached hydrogens (tertiary/aromatic N) is 2. The van der Waals surface area contributed by atoms with E-state index < -0.39 is 28.5 Å². The lowest BCUT2D eigenvalue weighted by Crippen LogP contribution is -2.53. The van der Waals surface area contributed by atoms with E-state index in [-0.39, 0.29) is 29.7 Å². The van der Waals surface area contributed by atoms with Crippen molar-refractivity contribution < 1.29 is 18.0 Å². The van der Waals surface area contributed by atoms with Gasteiger partial charge in [0.05, 0.1) is 10.6 Å².